The Hall–Kier alpha value is -3.71. The van der Waals surface area contributed by atoms with Gasteiger partial charge in [0.05, 0.1) is 0 Å². The number of piperidine rings is 1. The number of amides is 1. The molecule has 0 bridgehead atoms. The molecule has 2 fully saturated rings. The SMILES string of the molecule is CC(C)c1cccc([C@](C)(O)c2ccc(-c3nc([C@@H]4CC[C@H]5CCC(=O)N5C4)n4ccnc(N)c34)cc2)c1. The molecule has 0 spiro atoms. The van der Waals surface area contributed by atoms with Crippen LogP contribution < -0.4 is 5.73 Å². The van der Waals surface area contributed by atoms with Crippen LogP contribution in [-0.4, -0.2) is 42.9 Å². The average molecular weight is 510 g/mol. The molecule has 6 rings (SSSR count). The number of carbonyl (C=O) groups excluding carboxylic acids is 1. The van der Waals surface area contributed by atoms with Gasteiger partial charge < -0.3 is 15.7 Å². The van der Waals surface area contributed by atoms with Crippen molar-refractivity contribution in [1.29, 1.82) is 0 Å². The predicted molar refractivity (Wildman–Crippen MR) is 149 cm³/mol. The topological polar surface area (TPSA) is 96.8 Å². The number of hydrogen-bond acceptors (Lipinski definition) is 5. The molecule has 0 aliphatic carbocycles. The Balaban J connectivity index is 1.36. The molecule has 2 saturated heterocycles. The smallest absolute Gasteiger partial charge is 0.222 e. The van der Waals surface area contributed by atoms with Crippen LogP contribution >= 0.6 is 0 Å². The molecule has 2 aliphatic rings. The lowest BCUT2D eigenvalue weighted by atomic mass is 9.85. The molecule has 1 amide bonds. The zero-order chi connectivity index (χ0) is 26.6. The Morgan fingerprint density at radius 1 is 1.08 bits per heavy atom. The van der Waals surface area contributed by atoms with Crippen molar-refractivity contribution in [2.24, 2.45) is 0 Å². The fraction of sp³-hybridized carbons (Fsp3) is 0.387. The summed E-state index contributed by atoms with van der Waals surface area (Å²) in [7, 11) is 0. The first-order chi connectivity index (χ1) is 18.2. The highest BCUT2D eigenvalue weighted by Crippen LogP contribution is 2.39. The number of nitrogen functional groups attached to an aromatic ring is 1. The lowest BCUT2D eigenvalue weighted by molar-refractivity contribution is -0.130. The Morgan fingerprint density at radius 3 is 2.63 bits per heavy atom. The summed E-state index contributed by atoms with van der Waals surface area (Å²) < 4.78 is 2.05. The van der Waals surface area contributed by atoms with Gasteiger partial charge in [-0.25, -0.2) is 9.97 Å². The predicted octanol–water partition coefficient (Wildman–Crippen LogP) is 5.23. The molecule has 0 radical (unpaired) electrons. The van der Waals surface area contributed by atoms with Gasteiger partial charge >= 0.3 is 0 Å². The largest absolute Gasteiger partial charge is 0.382 e. The van der Waals surface area contributed by atoms with Crippen molar-refractivity contribution in [3.63, 3.8) is 0 Å². The highest BCUT2D eigenvalue weighted by Gasteiger charge is 2.38. The van der Waals surface area contributed by atoms with Crippen molar-refractivity contribution >= 4 is 17.2 Å². The van der Waals surface area contributed by atoms with Crippen molar-refractivity contribution in [3.05, 3.63) is 83.4 Å². The van der Waals surface area contributed by atoms with E-state index in [4.69, 9.17) is 10.7 Å². The molecule has 7 heteroatoms. The van der Waals surface area contributed by atoms with E-state index in [1.54, 1.807) is 6.20 Å². The van der Waals surface area contributed by atoms with E-state index in [0.717, 1.165) is 53.0 Å². The second-order valence-electron chi connectivity index (χ2n) is 11.3. The molecule has 38 heavy (non-hydrogen) atoms. The molecule has 2 aromatic heterocycles. The number of imidazole rings is 1. The number of fused-ring (bicyclic) bond motifs is 2. The highest BCUT2D eigenvalue weighted by molar-refractivity contribution is 5.85. The van der Waals surface area contributed by atoms with E-state index >= 15 is 0 Å². The zero-order valence-electron chi connectivity index (χ0n) is 22.3. The van der Waals surface area contributed by atoms with Crippen LogP contribution in [0.25, 0.3) is 16.8 Å². The van der Waals surface area contributed by atoms with Crippen molar-refractivity contribution in [3.8, 4) is 11.3 Å². The van der Waals surface area contributed by atoms with Crippen molar-refractivity contribution < 1.29 is 9.90 Å². The lowest BCUT2D eigenvalue weighted by Gasteiger charge is -2.34. The van der Waals surface area contributed by atoms with Gasteiger partial charge in [0.1, 0.15) is 28.5 Å². The molecule has 196 valence electrons. The fourth-order valence-electron chi connectivity index (χ4n) is 6.17. The minimum Gasteiger partial charge on any atom is -0.382 e. The van der Waals surface area contributed by atoms with Crippen LogP contribution in [0.2, 0.25) is 0 Å². The first kappa shape index (κ1) is 24.6. The van der Waals surface area contributed by atoms with Crippen LogP contribution in [0.3, 0.4) is 0 Å². The van der Waals surface area contributed by atoms with Crippen LogP contribution in [0.15, 0.2) is 60.9 Å². The third kappa shape index (κ3) is 4.06. The number of aliphatic hydroxyl groups is 1. The summed E-state index contributed by atoms with van der Waals surface area (Å²) in [5.74, 6) is 2.12. The van der Waals surface area contributed by atoms with Gasteiger partial charge in [0.25, 0.3) is 0 Å². The fourth-order valence-corrected chi connectivity index (χ4v) is 6.17. The molecule has 4 aromatic rings. The van der Waals surface area contributed by atoms with E-state index in [2.05, 4.69) is 31.0 Å². The maximum atomic E-state index is 12.4. The summed E-state index contributed by atoms with van der Waals surface area (Å²) in [4.78, 5) is 23.9. The number of rotatable bonds is 5. The van der Waals surface area contributed by atoms with Crippen LogP contribution in [0, 0.1) is 0 Å². The average Bonchev–Trinajstić information content (AvgIpc) is 3.50. The number of nitrogens with two attached hydrogens (primary N) is 1. The Bertz CT molecular complexity index is 1500. The van der Waals surface area contributed by atoms with Gasteiger partial charge in [0.2, 0.25) is 5.91 Å². The van der Waals surface area contributed by atoms with E-state index in [1.807, 2.05) is 58.8 Å². The maximum Gasteiger partial charge on any atom is 0.222 e. The minimum absolute atomic E-state index is 0.143. The number of hydrogen-bond donors (Lipinski definition) is 2. The third-order valence-electron chi connectivity index (χ3n) is 8.53. The van der Waals surface area contributed by atoms with Gasteiger partial charge in [0.15, 0.2) is 0 Å². The van der Waals surface area contributed by atoms with Crippen molar-refractivity contribution in [1.82, 2.24) is 19.3 Å². The quantitative estimate of drug-likeness (QED) is 0.384. The van der Waals surface area contributed by atoms with E-state index in [0.29, 0.717) is 30.7 Å². The number of anilines is 1. The molecule has 0 saturated carbocycles. The normalized spacial score (nSPS) is 21.2. The summed E-state index contributed by atoms with van der Waals surface area (Å²) in [5.41, 5.74) is 10.6. The van der Waals surface area contributed by atoms with Crippen LogP contribution in [0.4, 0.5) is 5.82 Å². The Morgan fingerprint density at radius 2 is 1.87 bits per heavy atom. The lowest BCUT2D eigenvalue weighted by Crippen LogP contribution is -2.41. The molecule has 3 atom stereocenters. The van der Waals surface area contributed by atoms with Gasteiger partial charge in [-0.2, -0.15) is 0 Å². The van der Waals surface area contributed by atoms with Crippen molar-refractivity contribution in [2.75, 3.05) is 12.3 Å². The molecule has 7 nitrogen and oxygen atoms in total. The summed E-state index contributed by atoms with van der Waals surface area (Å²) in [6.07, 6.45) is 7.23. The number of aromatic nitrogens is 3. The molecular formula is C31H35N5O2. The molecule has 4 heterocycles. The molecule has 2 aliphatic heterocycles. The van der Waals surface area contributed by atoms with Crippen LogP contribution in [0.5, 0.6) is 0 Å². The van der Waals surface area contributed by atoms with Gasteiger partial charge in [-0.1, -0.05) is 62.4 Å². The minimum atomic E-state index is -1.13. The van der Waals surface area contributed by atoms with Gasteiger partial charge in [0, 0.05) is 42.9 Å². The molecule has 0 unspecified atom stereocenters. The number of carbonyl (C=O) groups is 1. The maximum absolute atomic E-state index is 12.4. The molecule has 3 N–H and O–H groups in total. The Kier molecular flexibility index (Phi) is 5.99. The first-order valence-electron chi connectivity index (χ1n) is 13.6. The van der Waals surface area contributed by atoms with Crippen molar-refractivity contribution in [2.45, 2.75) is 69.9 Å². The summed E-state index contributed by atoms with van der Waals surface area (Å²) in [5, 5.41) is 11.5. The summed E-state index contributed by atoms with van der Waals surface area (Å²) in [6, 6.07) is 16.4. The summed E-state index contributed by atoms with van der Waals surface area (Å²) in [6.45, 7) is 6.84. The number of benzene rings is 2. The van der Waals surface area contributed by atoms with Gasteiger partial charge in [-0.15, -0.1) is 0 Å². The zero-order valence-corrected chi connectivity index (χ0v) is 22.3. The third-order valence-corrected chi connectivity index (χ3v) is 8.53. The molecule has 2 aromatic carbocycles. The van der Waals surface area contributed by atoms with Crippen LogP contribution in [0.1, 0.15) is 80.8 Å². The van der Waals surface area contributed by atoms with E-state index < -0.39 is 5.60 Å². The highest BCUT2D eigenvalue weighted by atomic mass is 16.3. The second kappa shape index (κ2) is 9.24. The van der Waals surface area contributed by atoms with E-state index in [-0.39, 0.29) is 11.8 Å². The standard InChI is InChI=1S/C31H35N5O2/c1-19(2)21-5-4-6-24(17-21)31(3,38)23-10-7-20(8-11-23)27-28-29(32)33-15-16-35(28)30(34-27)22-9-12-25-13-14-26(37)36(25)18-22/h4-8,10-11,15-17,19,22,25,38H,9,12-14,18H2,1-3H3,(H2,32,33)/t22-,25+,31-/m1/s1. The van der Waals surface area contributed by atoms with Gasteiger partial charge in [-0.3, -0.25) is 9.20 Å². The number of nitrogens with zero attached hydrogens (tertiary/aromatic N) is 4. The first-order valence-corrected chi connectivity index (χ1v) is 13.6. The second-order valence-corrected chi connectivity index (χ2v) is 11.3. The van der Waals surface area contributed by atoms with Crippen LogP contribution in [-0.2, 0) is 10.4 Å². The van der Waals surface area contributed by atoms with E-state index in [1.165, 1.54) is 5.56 Å². The van der Waals surface area contributed by atoms with E-state index in [9.17, 15) is 9.90 Å². The van der Waals surface area contributed by atoms with Gasteiger partial charge in [-0.05, 0) is 48.8 Å². The molecular weight excluding hydrogens is 474 g/mol. The Labute approximate surface area is 223 Å². The summed E-state index contributed by atoms with van der Waals surface area (Å²) >= 11 is 0. The monoisotopic (exact) mass is 509 g/mol.